The van der Waals surface area contributed by atoms with E-state index >= 15 is 0 Å². The monoisotopic (exact) mass is 207 g/mol. The second kappa shape index (κ2) is 3.40. The SMILES string of the molecule is Nc1cc(C=O)c(CO)c2sccc12. The Hall–Kier alpha value is -1.39. The van der Waals surface area contributed by atoms with Crippen LogP contribution >= 0.6 is 11.3 Å². The zero-order valence-corrected chi connectivity index (χ0v) is 8.17. The highest BCUT2D eigenvalue weighted by molar-refractivity contribution is 7.17. The number of carbonyl (C=O) groups excluding carboxylic acids is 1. The third-order valence-electron chi connectivity index (χ3n) is 2.19. The van der Waals surface area contributed by atoms with Crippen LogP contribution in [0.15, 0.2) is 17.5 Å². The lowest BCUT2D eigenvalue weighted by Gasteiger charge is -2.05. The molecule has 0 saturated carbocycles. The van der Waals surface area contributed by atoms with Gasteiger partial charge < -0.3 is 10.8 Å². The first-order valence-electron chi connectivity index (χ1n) is 4.12. The summed E-state index contributed by atoms with van der Waals surface area (Å²) in [5, 5.41) is 12.0. The van der Waals surface area contributed by atoms with Crippen molar-refractivity contribution in [1.82, 2.24) is 0 Å². The lowest BCUT2D eigenvalue weighted by molar-refractivity contribution is 0.112. The fourth-order valence-corrected chi connectivity index (χ4v) is 2.48. The van der Waals surface area contributed by atoms with E-state index in [-0.39, 0.29) is 6.61 Å². The van der Waals surface area contributed by atoms with Gasteiger partial charge in [-0.15, -0.1) is 11.3 Å². The highest BCUT2D eigenvalue weighted by Gasteiger charge is 2.10. The predicted octanol–water partition coefficient (Wildman–Crippen LogP) is 1.79. The normalized spacial score (nSPS) is 10.6. The molecule has 0 aliphatic heterocycles. The van der Waals surface area contributed by atoms with Gasteiger partial charge in [-0.2, -0.15) is 0 Å². The summed E-state index contributed by atoms with van der Waals surface area (Å²) in [6.07, 6.45) is 0.723. The van der Waals surface area contributed by atoms with Crippen LogP contribution in [0.25, 0.3) is 10.1 Å². The number of anilines is 1. The third kappa shape index (κ3) is 1.20. The van der Waals surface area contributed by atoms with Crippen LogP contribution in [0.2, 0.25) is 0 Å². The first-order chi connectivity index (χ1) is 6.77. The zero-order chi connectivity index (χ0) is 10.1. The third-order valence-corrected chi connectivity index (χ3v) is 3.17. The van der Waals surface area contributed by atoms with Crippen molar-refractivity contribution in [3.05, 3.63) is 28.6 Å². The second-order valence-corrected chi connectivity index (χ2v) is 3.89. The summed E-state index contributed by atoms with van der Waals surface area (Å²) in [6, 6.07) is 3.50. The maximum atomic E-state index is 10.7. The van der Waals surface area contributed by atoms with Crippen LogP contribution < -0.4 is 5.73 Å². The van der Waals surface area contributed by atoms with Crippen molar-refractivity contribution in [2.24, 2.45) is 0 Å². The van der Waals surface area contributed by atoms with Crippen molar-refractivity contribution in [2.45, 2.75) is 6.61 Å². The molecule has 0 aliphatic rings. The molecule has 0 amide bonds. The molecule has 0 unspecified atom stereocenters. The Kier molecular flexibility index (Phi) is 2.23. The van der Waals surface area contributed by atoms with Gasteiger partial charge in [-0.1, -0.05) is 0 Å². The van der Waals surface area contributed by atoms with Gasteiger partial charge in [0.25, 0.3) is 0 Å². The Morgan fingerprint density at radius 2 is 2.36 bits per heavy atom. The van der Waals surface area contributed by atoms with Gasteiger partial charge in [0.1, 0.15) is 0 Å². The fraction of sp³-hybridized carbons (Fsp3) is 0.100. The molecule has 3 N–H and O–H groups in total. The Balaban J connectivity index is 2.88. The number of aliphatic hydroxyl groups is 1. The summed E-state index contributed by atoms with van der Waals surface area (Å²) < 4.78 is 0.898. The number of aliphatic hydroxyl groups excluding tert-OH is 1. The first kappa shape index (κ1) is 9.18. The highest BCUT2D eigenvalue weighted by atomic mass is 32.1. The molecule has 0 atom stereocenters. The summed E-state index contributed by atoms with van der Waals surface area (Å²) in [7, 11) is 0. The van der Waals surface area contributed by atoms with E-state index in [2.05, 4.69) is 0 Å². The van der Waals surface area contributed by atoms with Crippen LogP contribution in [0.3, 0.4) is 0 Å². The number of benzene rings is 1. The van der Waals surface area contributed by atoms with Gasteiger partial charge in [-0.25, -0.2) is 0 Å². The summed E-state index contributed by atoms with van der Waals surface area (Å²) in [5.74, 6) is 0. The maximum Gasteiger partial charge on any atom is 0.150 e. The van der Waals surface area contributed by atoms with E-state index in [4.69, 9.17) is 10.8 Å². The number of carbonyl (C=O) groups is 1. The number of hydrogen-bond acceptors (Lipinski definition) is 4. The number of nitrogens with two attached hydrogens (primary N) is 1. The van der Waals surface area contributed by atoms with E-state index in [9.17, 15) is 4.79 Å². The molecule has 72 valence electrons. The molecule has 0 aliphatic carbocycles. The Morgan fingerprint density at radius 1 is 1.57 bits per heavy atom. The van der Waals surface area contributed by atoms with E-state index in [0.29, 0.717) is 16.8 Å². The topological polar surface area (TPSA) is 63.3 Å². The zero-order valence-electron chi connectivity index (χ0n) is 7.36. The molecule has 2 aromatic rings. The number of nitrogen functional groups attached to an aromatic ring is 1. The highest BCUT2D eigenvalue weighted by Crippen LogP contribution is 2.31. The molecule has 0 fully saturated rings. The quantitative estimate of drug-likeness (QED) is 0.583. The Labute approximate surface area is 84.8 Å². The average Bonchev–Trinajstić information content (AvgIpc) is 2.66. The number of fused-ring (bicyclic) bond motifs is 1. The van der Waals surface area contributed by atoms with E-state index < -0.39 is 0 Å². The van der Waals surface area contributed by atoms with Crippen LogP contribution in [0.4, 0.5) is 5.69 Å². The molecule has 0 bridgehead atoms. The van der Waals surface area contributed by atoms with Crippen LogP contribution in [-0.2, 0) is 6.61 Å². The average molecular weight is 207 g/mol. The first-order valence-corrected chi connectivity index (χ1v) is 5.00. The predicted molar refractivity (Wildman–Crippen MR) is 57.5 cm³/mol. The molecule has 3 nitrogen and oxygen atoms in total. The van der Waals surface area contributed by atoms with Gasteiger partial charge in [-0.3, -0.25) is 4.79 Å². The molecule has 1 aromatic carbocycles. The van der Waals surface area contributed by atoms with Crippen LogP contribution in [-0.4, -0.2) is 11.4 Å². The summed E-state index contributed by atoms with van der Waals surface area (Å²) in [6.45, 7) is -0.134. The van der Waals surface area contributed by atoms with Crippen molar-refractivity contribution < 1.29 is 9.90 Å². The molecule has 2 rings (SSSR count). The molecular formula is C10H9NO2S. The smallest absolute Gasteiger partial charge is 0.150 e. The minimum atomic E-state index is -0.134. The number of thiophene rings is 1. The number of hydrogen-bond donors (Lipinski definition) is 2. The summed E-state index contributed by atoms with van der Waals surface area (Å²) in [4.78, 5) is 10.7. The molecule has 1 aromatic heterocycles. The lowest BCUT2D eigenvalue weighted by atomic mass is 10.1. The molecular weight excluding hydrogens is 198 g/mol. The van der Waals surface area contributed by atoms with Crippen LogP contribution in [0.1, 0.15) is 15.9 Å². The van der Waals surface area contributed by atoms with Crippen molar-refractivity contribution >= 4 is 33.4 Å². The minimum absolute atomic E-state index is 0.134. The van der Waals surface area contributed by atoms with E-state index in [1.165, 1.54) is 11.3 Å². The van der Waals surface area contributed by atoms with Gasteiger partial charge in [0.05, 0.1) is 6.61 Å². The molecule has 1 heterocycles. The van der Waals surface area contributed by atoms with Gasteiger partial charge in [0, 0.05) is 26.9 Å². The van der Waals surface area contributed by atoms with E-state index in [1.54, 1.807) is 6.07 Å². The van der Waals surface area contributed by atoms with E-state index in [0.717, 1.165) is 16.4 Å². The molecule has 0 spiro atoms. The van der Waals surface area contributed by atoms with Gasteiger partial charge in [0.2, 0.25) is 0 Å². The molecule has 4 heteroatoms. The van der Waals surface area contributed by atoms with Crippen LogP contribution in [0, 0.1) is 0 Å². The standard InChI is InChI=1S/C10H9NO2S/c11-9-3-6(4-12)8(5-13)10-7(9)1-2-14-10/h1-4,13H,5,11H2. The molecule has 14 heavy (non-hydrogen) atoms. The van der Waals surface area contributed by atoms with Crippen molar-refractivity contribution in [3.8, 4) is 0 Å². The largest absolute Gasteiger partial charge is 0.398 e. The van der Waals surface area contributed by atoms with Crippen molar-refractivity contribution in [1.29, 1.82) is 0 Å². The molecule has 0 saturated heterocycles. The van der Waals surface area contributed by atoms with E-state index in [1.807, 2.05) is 11.4 Å². The maximum absolute atomic E-state index is 10.7. The Morgan fingerprint density at radius 3 is 3.00 bits per heavy atom. The second-order valence-electron chi connectivity index (χ2n) is 2.97. The van der Waals surface area contributed by atoms with Gasteiger partial charge in [0.15, 0.2) is 6.29 Å². The van der Waals surface area contributed by atoms with Crippen molar-refractivity contribution in [2.75, 3.05) is 5.73 Å². The number of rotatable bonds is 2. The fourth-order valence-electron chi connectivity index (χ4n) is 1.50. The van der Waals surface area contributed by atoms with Crippen LogP contribution in [0.5, 0.6) is 0 Å². The Bertz CT molecular complexity index is 490. The molecule has 0 radical (unpaired) electrons. The summed E-state index contributed by atoms with van der Waals surface area (Å²) >= 11 is 1.48. The van der Waals surface area contributed by atoms with Gasteiger partial charge >= 0.3 is 0 Å². The summed E-state index contributed by atoms with van der Waals surface area (Å²) in [5.41, 5.74) is 7.49. The lowest BCUT2D eigenvalue weighted by Crippen LogP contribution is -1.96. The minimum Gasteiger partial charge on any atom is -0.398 e. The van der Waals surface area contributed by atoms with Gasteiger partial charge in [-0.05, 0) is 17.5 Å². The van der Waals surface area contributed by atoms with Crippen molar-refractivity contribution in [3.63, 3.8) is 0 Å². The number of aldehydes is 1.